The van der Waals surface area contributed by atoms with Gasteiger partial charge in [0.15, 0.2) is 0 Å². The van der Waals surface area contributed by atoms with Crippen molar-refractivity contribution < 1.29 is 4.79 Å². The average molecular weight is 442 g/mol. The summed E-state index contributed by atoms with van der Waals surface area (Å²) >= 11 is 12.0. The van der Waals surface area contributed by atoms with Crippen LogP contribution in [0.4, 0.5) is 5.69 Å². The minimum absolute atomic E-state index is 0. The monoisotopic (exact) mass is 440 g/mol. The first-order valence-corrected chi connectivity index (χ1v) is 10.3. The molecular weight excluding hydrogens is 415 g/mol. The number of rotatable bonds is 5. The molecule has 1 heterocycles. The molecule has 0 N–H and O–H groups in total. The predicted octanol–water partition coefficient (Wildman–Crippen LogP) is 5.86. The van der Waals surface area contributed by atoms with Crippen molar-refractivity contribution in [3.05, 3.63) is 64.1 Å². The molecule has 1 saturated heterocycles. The van der Waals surface area contributed by atoms with E-state index in [1.165, 1.54) is 0 Å². The third kappa shape index (κ3) is 5.87. The Morgan fingerprint density at radius 3 is 2.00 bits per heavy atom. The Hall–Kier alpha value is -1.26. The van der Waals surface area contributed by atoms with Gasteiger partial charge < -0.3 is 9.80 Å². The van der Waals surface area contributed by atoms with Crippen LogP contribution >= 0.6 is 35.6 Å². The van der Waals surface area contributed by atoms with Gasteiger partial charge in [-0.05, 0) is 68.7 Å². The molecule has 0 unspecified atom stereocenters. The molecule has 3 nitrogen and oxygen atoms in total. The van der Waals surface area contributed by atoms with Crippen LogP contribution in [0.2, 0.25) is 10.0 Å². The van der Waals surface area contributed by atoms with Crippen molar-refractivity contribution in [1.82, 2.24) is 4.90 Å². The van der Waals surface area contributed by atoms with Gasteiger partial charge in [0.2, 0.25) is 5.91 Å². The normalized spacial score (nSPS) is 15.3. The predicted molar refractivity (Wildman–Crippen MR) is 121 cm³/mol. The molecule has 0 aromatic heterocycles. The lowest BCUT2D eigenvalue weighted by Gasteiger charge is -2.40. The molecule has 1 amide bonds. The van der Waals surface area contributed by atoms with Gasteiger partial charge in [0.1, 0.15) is 0 Å². The van der Waals surface area contributed by atoms with E-state index in [1.807, 2.05) is 53.4 Å². The van der Waals surface area contributed by atoms with Crippen molar-refractivity contribution in [2.24, 2.45) is 0 Å². The Balaban J connectivity index is 0.00000280. The van der Waals surface area contributed by atoms with Gasteiger partial charge >= 0.3 is 0 Å². The number of anilines is 1. The quantitative estimate of drug-likeness (QED) is 0.580. The fraction of sp³-hybridized carbons (Fsp3) is 0.409. The van der Waals surface area contributed by atoms with Gasteiger partial charge in [-0.3, -0.25) is 4.79 Å². The first kappa shape index (κ1) is 23.0. The zero-order valence-electron chi connectivity index (χ0n) is 16.3. The second kappa shape index (κ2) is 10.5. The lowest BCUT2D eigenvalue weighted by molar-refractivity contribution is -0.118. The highest BCUT2D eigenvalue weighted by molar-refractivity contribution is 6.30. The first-order valence-electron chi connectivity index (χ1n) is 9.50. The summed E-state index contributed by atoms with van der Waals surface area (Å²) in [6, 6.07) is 15.8. The van der Waals surface area contributed by atoms with E-state index in [9.17, 15) is 4.79 Å². The average Bonchev–Trinajstić information content (AvgIpc) is 2.66. The van der Waals surface area contributed by atoms with Gasteiger partial charge in [-0.1, -0.05) is 35.3 Å². The number of carbonyl (C=O) groups excluding carboxylic acids is 1. The zero-order valence-corrected chi connectivity index (χ0v) is 18.6. The number of hydrogen-bond donors (Lipinski definition) is 0. The number of nitrogens with zero attached hydrogens (tertiary/aromatic N) is 2. The molecule has 2 aromatic carbocycles. The van der Waals surface area contributed by atoms with Crippen LogP contribution in [0.5, 0.6) is 0 Å². The Bertz CT molecular complexity index is 754. The summed E-state index contributed by atoms with van der Waals surface area (Å²) in [5.41, 5.74) is 1.89. The van der Waals surface area contributed by atoms with E-state index in [1.54, 1.807) is 0 Å². The zero-order chi connectivity index (χ0) is 19.4. The second-order valence-corrected chi connectivity index (χ2v) is 8.28. The van der Waals surface area contributed by atoms with E-state index in [2.05, 4.69) is 18.7 Å². The summed E-state index contributed by atoms with van der Waals surface area (Å²) < 4.78 is 0. The van der Waals surface area contributed by atoms with Crippen molar-refractivity contribution in [3.63, 3.8) is 0 Å². The molecule has 0 radical (unpaired) electrons. The smallest absolute Gasteiger partial charge is 0.231 e. The largest absolute Gasteiger partial charge is 0.309 e. The molecule has 2 aromatic rings. The number of amides is 1. The van der Waals surface area contributed by atoms with Crippen LogP contribution in [0.15, 0.2) is 48.5 Å². The number of carbonyl (C=O) groups is 1. The number of hydrogen-bond acceptors (Lipinski definition) is 2. The van der Waals surface area contributed by atoms with Crippen LogP contribution in [0.1, 0.15) is 32.3 Å². The SMILES string of the molecule is CC(C)N1CCC(N(C(=O)Cc2ccc(Cl)cc2)c2ccc(Cl)cc2)CC1.Cl. The van der Waals surface area contributed by atoms with Crippen LogP contribution in [0.25, 0.3) is 0 Å². The molecule has 0 spiro atoms. The molecule has 28 heavy (non-hydrogen) atoms. The third-order valence-electron chi connectivity index (χ3n) is 5.24. The van der Waals surface area contributed by atoms with Crippen molar-refractivity contribution in [2.75, 3.05) is 18.0 Å². The fourth-order valence-corrected chi connectivity index (χ4v) is 3.93. The van der Waals surface area contributed by atoms with Crippen LogP contribution < -0.4 is 4.90 Å². The third-order valence-corrected chi connectivity index (χ3v) is 5.74. The number of halogens is 3. The second-order valence-electron chi connectivity index (χ2n) is 7.40. The molecule has 1 aliphatic rings. The minimum Gasteiger partial charge on any atom is -0.309 e. The molecule has 1 aliphatic heterocycles. The summed E-state index contributed by atoms with van der Waals surface area (Å²) in [5, 5.41) is 1.36. The van der Waals surface area contributed by atoms with Crippen LogP contribution in [-0.2, 0) is 11.2 Å². The lowest BCUT2D eigenvalue weighted by atomic mass is 9.99. The maximum atomic E-state index is 13.2. The van der Waals surface area contributed by atoms with E-state index in [0.717, 1.165) is 37.2 Å². The van der Waals surface area contributed by atoms with Crippen molar-refractivity contribution >= 4 is 47.2 Å². The van der Waals surface area contributed by atoms with E-state index in [0.29, 0.717) is 22.5 Å². The molecule has 0 aliphatic carbocycles. The highest BCUT2D eigenvalue weighted by Gasteiger charge is 2.29. The van der Waals surface area contributed by atoms with Crippen LogP contribution in [-0.4, -0.2) is 36.0 Å². The van der Waals surface area contributed by atoms with Crippen molar-refractivity contribution in [3.8, 4) is 0 Å². The van der Waals surface area contributed by atoms with E-state index in [4.69, 9.17) is 23.2 Å². The maximum absolute atomic E-state index is 13.2. The minimum atomic E-state index is 0. The maximum Gasteiger partial charge on any atom is 0.231 e. The van der Waals surface area contributed by atoms with Crippen molar-refractivity contribution in [1.29, 1.82) is 0 Å². The van der Waals surface area contributed by atoms with Gasteiger partial charge in [0, 0.05) is 40.9 Å². The van der Waals surface area contributed by atoms with Gasteiger partial charge in [-0.2, -0.15) is 0 Å². The van der Waals surface area contributed by atoms with Gasteiger partial charge in [0.05, 0.1) is 6.42 Å². The van der Waals surface area contributed by atoms with Crippen LogP contribution in [0, 0.1) is 0 Å². The molecular formula is C22H27Cl3N2O. The summed E-state index contributed by atoms with van der Waals surface area (Å²) in [4.78, 5) is 17.7. The number of piperidine rings is 1. The Morgan fingerprint density at radius 1 is 1.00 bits per heavy atom. The first-order chi connectivity index (χ1) is 12.9. The van der Waals surface area contributed by atoms with Crippen LogP contribution in [0.3, 0.4) is 0 Å². The fourth-order valence-electron chi connectivity index (χ4n) is 3.68. The molecule has 6 heteroatoms. The molecule has 0 saturated carbocycles. The Labute approximate surface area is 184 Å². The highest BCUT2D eigenvalue weighted by Crippen LogP contribution is 2.27. The lowest BCUT2D eigenvalue weighted by Crippen LogP contribution is -2.49. The molecule has 0 atom stereocenters. The van der Waals surface area contributed by atoms with E-state index in [-0.39, 0.29) is 24.4 Å². The van der Waals surface area contributed by atoms with Crippen molar-refractivity contribution in [2.45, 2.75) is 45.2 Å². The molecule has 1 fully saturated rings. The number of likely N-dealkylation sites (tertiary alicyclic amines) is 1. The highest BCUT2D eigenvalue weighted by atomic mass is 35.5. The van der Waals surface area contributed by atoms with E-state index < -0.39 is 0 Å². The Kier molecular flexibility index (Phi) is 8.63. The summed E-state index contributed by atoms with van der Waals surface area (Å²) in [6.07, 6.45) is 2.32. The molecule has 152 valence electrons. The van der Waals surface area contributed by atoms with Gasteiger partial charge in [-0.15, -0.1) is 12.4 Å². The summed E-state index contributed by atoms with van der Waals surface area (Å²) in [6.45, 7) is 6.48. The Morgan fingerprint density at radius 2 is 1.50 bits per heavy atom. The summed E-state index contributed by atoms with van der Waals surface area (Å²) in [5.74, 6) is 0.114. The molecule has 3 rings (SSSR count). The topological polar surface area (TPSA) is 23.6 Å². The van der Waals surface area contributed by atoms with Gasteiger partial charge in [0.25, 0.3) is 0 Å². The van der Waals surface area contributed by atoms with E-state index >= 15 is 0 Å². The van der Waals surface area contributed by atoms with Gasteiger partial charge in [-0.25, -0.2) is 0 Å². The summed E-state index contributed by atoms with van der Waals surface area (Å²) in [7, 11) is 0. The standard InChI is InChI=1S/C22H26Cl2N2O.ClH/c1-16(2)25-13-11-21(12-14-25)26(20-9-7-19(24)8-10-20)22(27)15-17-3-5-18(23)6-4-17;/h3-10,16,21H,11-15H2,1-2H3;1H. The number of benzene rings is 2. The molecule has 0 bridgehead atoms.